The molecule has 4 heterocycles. The molecule has 0 radical (unpaired) electrons. The van der Waals surface area contributed by atoms with Gasteiger partial charge in [0.15, 0.2) is 30.4 Å². The zero-order valence-corrected chi connectivity index (χ0v) is 42.4. The Hall–Kier alpha value is -4.13. The number of aliphatic hydroxyl groups excluding tert-OH is 3. The van der Waals surface area contributed by atoms with Gasteiger partial charge in [0.1, 0.15) is 62.3 Å². The van der Waals surface area contributed by atoms with Gasteiger partial charge in [-0.25, -0.2) is 13.2 Å². The van der Waals surface area contributed by atoms with Crippen LogP contribution < -0.4 is 32.3 Å². The number of amides is 4. The minimum Gasteiger partial charge on any atom is -0.726 e. The van der Waals surface area contributed by atoms with Crippen molar-refractivity contribution in [2.45, 2.75) is 190 Å². The Morgan fingerprint density at radius 1 is 1.04 bits per heavy atom. The average Bonchev–Trinajstić information content (AvgIpc) is 3.94. The lowest BCUT2D eigenvalue weighted by molar-refractivity contribution is -0.909. The third-order valence-corrected chi connectivity index (χ3v) is 14.6. The minimum atomic E-state index is -5.27. The van der Waals surface area contributed by atoms with Crippen LogP contribution in [0.15, 0.2) is 11.6 Å². The van der Waals surface area contributed by atoms with Crippen LogP contribution in [0, 0.1) is 5.92 Å². The molecule has 11 N–H and O–H groups in total. The van der Waals surface area contributed by atoms with Crippen LogP contribution in [0.4, 0.5) is 4.79 Å². The number of ether oxygens (including phenoxy) is 6. The standard InChI is InChI=1S/C45H75N7O19S/c1-6-9-11-13-30(53)66-22-28-34(55)35(56)36(70-31(54)14-12-10-7-2)42(69-28)68-26-19-27-38(57)45(20-26)37(50-44(61)71-45)33(40(59)48-17-15-25-16-18-51(21-25)43(46)47)52(27)41(60)32(24(4)8-3)49-39(58)29(65-5)23-67-72(62,63)64/h16,24,26-29,32-38,42-43,55-57H,6-15,17-23,46-47H2,1-5H3,(H,48,59)(H,49,58)(H,50,61)(H,62,63,64)/t24-,26-,27+,28-,29+,32-,33+,34-,35+,36-,37-,38+,42+,45-/m1/s1. The van der Waals surface area contributed by atoms with E-state index in [2.05, 4.69) is 20.1 Å². The summed E-state index contributed by atoms with van der Waals surface area (Å²) in [4.78, 5) is 85.0. The molecule has 1 spiro atoms. The molecule has 4 amide bonds. The number of nitrogens with two attached hydrogens (primary N) is 2. The highest BCUT2D eigenvalue weighted by Crippen LogP contribution is 2.48. The SMILES string of the molecule is CCCCCC(=O)OC[C@H]1O[C@H](O[C@@H]2C[C@H]3[C@H](O)[C@]4(C2)OC(=O)N[C@@H]4[C@@H](C(=O)NCCC2=CC[NH+](C(N)N)C2)N3C(=O)[C@H](NC(=O)[C@H](COS(=O)(=O)[O-])OC)[C@H](C)CC)[C@H](OC(=O)CCCCC)[C@@H](O)[C@@H]1O. The number of hydrogen-bond acceptors (Lipinski definition) is 21. The van der Waals surface area contributed by atoms with Crippen molar-refractivity contribution in [1.82, 2.24) is 20.9 Å². The summed E-state index contributed by atoms with van der Waals surface area (Å²) in [6.07, 6.45) is -8.71. The summed E-state index contributed by atoms with van der Waals surface area (Å²) in [5.41, 5.74) is 10.7. The number of hydrogen-bond donors (Lipinski definition) is 9. The van der Waals surface area contributed by atoms with Gasteiger partial charge in [0.05, 0.1) is 18.7 Å². The zero-order chi connectivity index (χ0) is 53.1. The Morgan fingerprint density at radius 3 is 2.33 bits per heavy atom. The number of nitrogens with one attached hydrogen (secondary N) is 4. The maximum atomic E-state index is 15.4. The van der Waals surface area contributed by atoms with E-state index in [1.807, 2.05) is 19.9 Å². The zero-order valence-electron chi connectivity index (χ0n) is 41.6. The van der Waals surface area contributed by atoms with Gasteiger partial charge < -0.3 is 74.0 Å². The molecule has 26 nitrogen and oxygen atoms in total. The Kier molecular flexibility index (Phi) is 21.5. The van der Waals surface area contributed by atoms with Crippen molar-refractivity contribution in [1.29, 1.82) is 0 Å². The number of rotatable bonds is 27. The van der Waals surface area contributed by atoms with Crippen molar-refractivity contribution in [3.8, 4) is 0 Å². The highest BCUT2D eigenvalue weighted by molar-refractivity contribution is 7.80. The van der Waals surface area contributed by atoms with Gasteiger partial charge in [-0.1, -0.05) is 59.8 Å². The van der Waals surface area contributed by atoms with E-state index in [1.165, 1.54) is 0 Å². The number of alkyl carbamates (subject to hydrolysis) is 1. The van der Waals surface area contributed by atoms with Crippen LogP contribution in [0.5, 0.6) is 0 Å². The fourth-order valence-electron chi connectivity index (χ4n) is 9.93. The topological polar surface area (TPSA) is 381 Å². The van der Waals surface area contributed by atoms with Gasteiger partial charge >= 0.3 is 18.0 Å². The first-order valence-electron chi connectivity index (χ1n) is 24.9. The van der Waals surface area contributed by atoms with Gasteiger partial charge in [0.25, 0.3) is 5.91 Å². The summed E-state index contributed by atoms with van der Waals surface area (Å²) in [6.45, 7) is 6.77. The number of methoxy groups -OCH3 is 1. The van der Waals surface area contributed by atoms with Crippen LogP contribution in [0.25, 0.3) is 0 Å². The van der Waals surface area contributed by atoms with Crippen LogP contribution in [0.2, 0.25) is 0 Å². The van der Waals surface area contributed by atoms with Crippen LogP contribution in [0.1, 0.15) is 105 Å². The predicted molar refractivity (Wildman–Crippen MR) is 247 cm³/mol. The van der Waals surface area contributed by atoms with Gasteiger partial charge in [0.2, 0.25) is 22.2 Å². The summed E-state index contributed by atoms with van der Waals surface area (Å²) < 4.78 is 72.9. The van der Waals surface area contributed by atoms with Crippen molar-refractivity contribution in [3.63, 3.8) is 0 Å². The van der Waals surface area contributed by atoms with Crippen molar-refractivity contribution < 1.29 is 94.6 Å². The second-order valence-corrected chi connectivity index (χ2v) is 20.3. The van der Waals surface area contributed by atoms with Gasteiger partial charge in [-0.2, -0.15) is 0 Å². The lowest BCUT2D eigenvalue weighted by Gasteiger charge is -2.58. The number of likely N-dealkylation sites (tertiary alicyclic amines) is 1. The number of nitrogens with zero attached hydrogens (tertiary/aromatic N) is 1. The number of aliphatic hydroxyl groups is 3. The second-order valence-electron chi connectivity index (χ2n) is 19.2. The molecule has 1 unspecified atom stereocenters. The number of quaternary nitrogens is 1. The first kappa shape index (κ1) is 58.8. The fraction of sp³-hybridized carbons (Fsp3) is 0.822. The van der Waals surface area contributed by atoms with Gasteiger partial charge in [-0.3, -0.25) is 39.6 Å². The van der Waals surface area contributed by atoms with Crippen LogP contribution in [-0.2, 0) is 67.0 Å². The Morgan fingerprint density at radius 2 is 1.72 bits per heavy atom. The predicted octanol–water partition coefficient (Wildman–Crippen LogP) is -3.43. The second kappa shape index (κ2) is 26.4. The molecular weight excluding hydrogens is 975 g/mol. The first-order valence-corrected chi connectivity index (χ1v) is 26.2. The molecule has 1 saturated carbocycles. The maximum absolute atomic E-state index is 15.4. The smallest absolute Gasteiger partial charge is 0.408 e. The first-order chi connectivity index (χ1) is 34.1. The van der Waals surface area contributed by atoms with E-state index in [-0.39, 0.29) is 38.6 Å². The normalized spacial score (nSPS) is 31.3. The van der Waals surface area contributed by atoms with Gasteiger partial charge in [-0.05, 0) is 43.3 Å². The van der Waals surface area contributed by atoms with E-state index in [9.17, 15) is 52.3 Å². The summed E-state index contributed by atoms with van der Waals surface area (Å²) in [5.74, 6) is -4.84. The molecule has 0 aromatic carbocycles. The molecule has 0 aromatic rings. The summed E-state index contributed by atoms with van der Waals surface area (Å²) >= 11 is 0. The van der Waals surface area contributed by atoms with E-state index < -0.39 is 150 Å². The summed E-state index contributed by atoms with van der Waals surface area (Å²) in [7, 11) is -4.23. The number of esters is 2. The molecule has 410 valence electrons. The number of unbranched alkanes of at least 4 members (excludes halogenated alkanes) is 4. The Balaban J connectivity index is 1.51. The molecule has 1 aliphatic carbocycles. The summed E-state index contributed by atoms with van der Waals surface area (Å²) in [5, 5.41) is 43.1. The van der Waals surface area contributed by atoms with Crippen LogP contribution in [0.3, 0.4) is 0 Å². The van der Waals surface area contributed by atoms with Crippen molar-refractivity contribution >= 4 is 46.2 Å². The number of carbonyl (C=O) groups excluding carboxylic acids is 6. The quantitative estimate of drug-likeness (QED) is 0.00735. The average molecular weight is 1050 g/mol. The highest BCUT2D eigenvalue weighted by Gasteiger charge is 2.70. The van der Waals surface area contributed by atoms with Gasteiger partial charge in [0, 0.05) is 32.9 Å². The maximum Gasteiger partial charge on any atom is 0.408 e. The molecule has 4 aliphatic heterocycles. The molecule has 72 heavy (non-hydrogen) atoms. The molecule has 5 aliphatic rings. The Bertz CT molecular complexity index is 2030. The largest absolute Gasteiger partial charge is 0.726 e. The monoisotopic (exact) mass is 1050 g/mol. The molecule has 2 bridgehead atoms. The van der Waals surface area contributed by atoms with Crippen molar-refractivity contribution in [2.24, 2.45) is 17.4 Å². The van der Waals surface area contributed by atoms with E-state index in [0.717, 1.165) is 41.7 Å². The van der Waals surface area contributed by atoms with E-state index in [4.69, 9.17) is 39.9 Å². The molecule has 5 rings (SSSR count). The van der Waals surface area contributed by atoms with E-state index in [0.29, 0.717) is 38.8 Å². The third-order valence-electron chi connectivity index (χ3n) is 14.2. The molecular formula is C45H75N7O19S. The van der Waals surface area contributed by atoms with E-state index >= 15 is 4.79 Å². The fourth-order valence-corrected chi connectivity index (χ4v) is 10.2. The van der Waals surface area contributed by atoms with Crippen molar-refractivity contribution in [2.75, 3.05) is 40.0 Å². The van der Waals surface area contributed by atoms with Crippen LogP contribution >= 0.6 is 0 Å². The highest BCUT2D eigenvalue weighted by atomic mass is 32.3. The minimum absolute atomic E-state index is 0.0496. The number of piperidine rings is 1. The number of fused-ring (bicyclic) bond motifs is 1. The van der Waals surface area contributed by atoms with Crippen molar-refractivity contribution in [3.05, 3.63) is 11.6 Å². The number of carbonyl (C=O) groups is 6. The van der Waals surface area contributed by atoms with Gasteiger partial charge in [-0.15, -0.1) is 0 Å². The van der Waals surface area contributed by atoms with E-state index in [1.54, 1.807) is 13.8 Å². The van der Waals surface area contributed by atoms with Crippen LogP contribution in [-0.4, -0.2) is 194 Å². The lowest BCUT2D eigenvalue weighted by Crippen LogP contribution is -3.18. The lowest BCUT2D eigenvalue weighted by atomic mass is 9.66. The Labute approximate surface area is 419 Å². The molecule has 4 fully saturated rings. The summed E-state index contributed by atoms with van der Waals surface area (Å²) in [6, 6.07) is -6.10. The molecule has 0 aromatic heterocycles. The molecule has 3 saturated heterocycles. The molecule has 15 atom stereocenters. The third kappa shape index (κ3) is 14.6. The molecule has 27 heteroatoms.